The number of nitrogens with zero attached hydrogens (tertiary/aromatic N) is 2. The van der Waals surface area contributed by atoms with Crippen LogP contribution in [0.3, 0.4) is 0 Å². The van der Waals surface area contributed by atoms with Crippen LogP contribution in [0.25, 0.3) is 0 Å². The Bertz CT molecular complexity index is 350. The van der Waals surface area contributed by atoms with Gasteiger partial charge in [-0.05, 0) is 25.7 Å². The van der Waals surface area contributed by atoms with Gasteiger partial charge in [-0.25, -0.2) is 4.68 Å². The minimum absolute atomic E-state index is 0.279. The second-order valence-corrected chi connectivity index (χ2v) is 5.28. The van der Waals surface area contributed by atoms with Crippen molar-refractivity contribution < 1.29 is 4.74 Å². The molecular weight excluding hydrogens is 202 g/mol. The van der Waals surface area contributed by atoms with Gasteiger partial charge in [0.2, 0.25) is 5.88 Å². The minimum atomic E-state index is 0.279. The molecule has 0 bridgehead atoms. The van der Waals surface area contributed by atoms with Gasteiger partial charge in [0.25, 0.3) is 0 Å². The highest BCUT2D eigenvalue weighted by atomic mass is 16.5. The van der Waals surface area contributed by atoms with Crippen LogP contribution in [-0.4, -0.2) is 16.4 Å². The topological polar surface area (TPSA) is 53.1 Å². The Labute approximate surface area is 97.8 Å². The van der Waals surface area contributed by atoms with Crippen LogP contribution in [0.2, 0.25) is 0 Å². The predicted octanol–water partition coefficient (Wildman–Crippen LogP) is 2.61. The number of nitrogen functional groups attached to an aromatic ring is 1. The molecule has 4 nitrogen and oxygen atoms in total. The number of hydrogen-bond donors (Lipinski definition) is 1. The van der Waals surface area contributed by atoms with E-state index in [2.05, 4.69) is 25.9 Å². The average molecular weight is 225 g/mol. The fourth-order valence-corrected chi connectivity index (χ4v) is 1.39. The summed E-state index contributed by atoms with van der Waals surface area (Å²) in [5.41, 5.74) is 7.70. The molecule has 0 aliphatic rings. The van der Waals surface area contributed by atoms with E-state index >= 15 is 0 Å². The van der Waals surface area contributed by atoms with Crippen molar-refractivity contribution in [2.75, 3.05) is 12.3 Å². The van der Waals surface area contributed by atoms with E-state index in [9.17, 15) is 0 Å². The van der Waals surface area contributed by atoms with Crippen molar-refractivity contribution in [3.05, 3.63) is 5.69 Å². The monoisotopic (exact) mass is 225 g/mol. The maximum Gasteiger partial charge on any atom is 0.236 e. The molecule has 4 heteroatoms. The molecular formula is C12H23N3O. The summed E-state index contributed by atoms with van der Waals surface area (Å²) >= 11 is 0. The molecule has 92 valence electrons. The smallest absolute Gasteiger partial charge is 0.236 e. The molecule has 1 aromatic rings. The molecule has 0 saturated heterocycles. The summed E-state index contributed by atoms with van der Waals surface area (Å²) in [5.74, 6) is 0.712. The van der Waals surface area contributed by atoms with Gasteiger partial charge in [-0.1, -0.05) is 20.8 Å². The number of rotatable bonds is 4. The maximum absolute atomic E-state index is 5.92. The summed E-state index contributed by atoms with van der Waals surface area (Å²) < 4.78 is 7.54. The van der Waals surface area contributed by atoms with Gasteiger partial charge in [-0.15, -0.1) is 0 Å². The molecule has 1 aromatic heterocycles. The lowest BCUT2D eigenvalue weighted by atomic mass is 9.93. The first-order valence-electron chi connectivity index (χ1n) is 5.81. The first-order valence-corrected chi connectivity index (χ1v) is 5.81. The first-order chi connectivity index (χ1) is 7.35. The molecule has 0 unspecified atom stereocenters. The van der Waals surface area contributed by atoms with E-state index in [-0.39, 0.29) is 5.41 Å². The van der Waals surface area contributed by atoms with Crippen LogP contribution < -0.4 is 10.5 Å². The number of ether oxygens (including phenoxy) is 1. The molecule has 0 saturated carbocycles. The van der Waals surface area contributed by atoms with Gasteiger partial charge in [-0.2, -0.15) is 5.10 Å². The molecule has 0 spiro atoms. The lowest BCUT2D eigenvalue weighted by Gasteiger charge is -2.18. The number of aryl methyl sites for hydroxylation is 2. The zero-order chi connectivity index (χ0) is 12.3. The van der Waals surface area contributed by atoms with E-state index in [1.165, 1.54) is 0 Å². The molecule has 1 rings (SSSR count). The van der Waals surface area contributed by atoms with Crippen LogP contribution in [0.5, 0.6) is 5.88 Å². The van der Waals surface area contributed by atoms with Crippen LogP contribution in [0.4, 0.5) is 5.69 Å². The van der Waals surface area contributed by atoms with Crippen LogP contribution in [0.1, 0.15) is 39.8 Å². The lowest BCUT2D eigenvalue weighted by Crippen LogP contribution is -2.13. The molecule has 0 atom stereocenters. The SMILES string of the molecule is CCn1nc(C)c(N)c1OCCC(C)(C)C. The molecule has 0 aromatic carbocycles. The summed E-state index contributed by atoms with van der Waals surface area (Å²) in [6, 6.07) is 0. The molecule has 0 radical (unpaired) electrons. The van der Waals surface area contributed by atoms with Gasteiger partial charge in [0.1, 0.15) is 5.69 Å². The Hall–Kier alpha value is -1.19. The highest BCUT2D eigenvalue weighted by molar-refractivity contribution is 5.52. The van der Waals surface area contributed by atoms with E-state index in [1.54, 1.807) is 0 Å². The van der Waals surface area contributed by atoms with Crippen LogP contribution in [0, 0.1) is 12.3 Å². The van der Waals surface area contributed by atoms with Crippen molar-refractivity contribution in [3.8, 4) is 5.88 Å². The largest absolute Gasteiger partial charge is 0.476 e. The van der Waals surface area contributed by atoms with Gasteiger partial charge in [-0.3, -0.25) is 0 Å². The van der Waals surface area contributed by atoms with E-state index in [4.69, 9.17) is 10.5 Å². The van der Waals surface area contributed by atoms with Gasteiger partial charge >= 0.3 is 0 Å². The summed E-state index contributed by atoms with van der Waals surface area (Å²) in [6.07, 6.45) is 1.00. The first kappa shape index (κ1) is 12.9. The second-order valence-electron chi connectivity index (χ2n) is 5.28. The zero-order valence-corrected chi connectivity index (χ0v) is 11.0. The Kier molecular flexibility index (Phi) is 3.83. The number of nitrogens with two attached hydrogens (primary N) is 1. The van der Waals surface area contributed by atoms with Crippen molar-refractivity contribution in [1.82, 2.24) is 9.78 Å². The predicted molar refractivity (Wildman–Crippen MR) is 66.6 cm³/mol. The Morgan fingerprint density at radius 1 is 1.38 bits per heavy atom. The highest BCUT2D eigenvalue weighted by Crippen LogP contribution is 2.26. The van der Waals surface area contributed by atoms with Gasteiger partial charge in [0, 0.05) is 6.54 Å². The summed E-state index contributed by atoms with van der Waals surface area (Å²) in [5, 5.41) is 4.31. The van der Waals surface area contributed by atoms with Gasteiger partial charge in [0.15, 0.2) is 0 Å². The summed E-state index contributed by atoms with van der Waals surface area (Å²) in [6.45, 7) is 12.0. The van der Waals surface area contributed by atoms with Crippen molar-refractivity contribution in [2.24, 2.45) is 5.41 Å². The number of aromatic nitrogens is 2. The highest BCUT2D eigenvalue weighted by Gasteiger charge is 2.15. The van der Waals surface area contributed by atoms with Gasteiger partial charge < -0.3 is 10.5 Å². The Balaban J connectivity index is 2.66. The van der Waals surface area contributed by atoms with Crippen molar-refractivity contribution in [1.29, 1.82) is 0 Å². The fraction of sp³-hybridized carbons (Fsp3) is 0.750. The van der Waals surface area contributed by atoms with Crippen LogP contribution in [-0.2, 0) is 6.54 Å². The Morgan fingerprint density at radius 2 is 2.00 bits per heavy atom. The minimum Gasteiger partial charge on any atom is -0.476 e. The third-order valence-corrected chi connectivity index (χ3v) is 2.52. The quantitative estimate of drug-likeness (QED) is 0.857. The summed E-state index contributed by atoms with van der Waals surface area (Å²) in [7, 11) is 0. The van der Waals surface area contributed by atoms with Crippen LogP contribution >= 0.6 is 0 Å². The van der Waals surface area contributed by atoms with E-state index in [1.807, 2.05) is 18.5 Å². The summed E-state index contributed by atoms with van der Waals surface area (Å²) in [4.78, 5) is 0. The van der Waals surface area contributed by atoms with Crippen molar-refractivity contribution >= 4 is 5.69 Å². The molecule has 2 N–H and O–H groups in total. The van der Waals surface area contributed by atoms with E-state index < -0.39 is 0 Å². The standard InChI is InChI=1S/C12H23N3O/c1-6-15-11(10(13)9(2)14-15)16-8-7-12(3,4)5/h6-8,13H2,1-5H3. The third-order valence-electron chi connectivity index (χ3n) is 2.52. The van der Waals surface area contributed by atoms with Crippen LogP contribution in [0.15, 0.2) is 0 Å². The molecule has 0 aliphatic carbocycles. The zero-order valence-electron chi connectivity index (χ0n) is 11.0. The number of hydrogen-bond acceptors (Lipinski definition) is 3. The van der Waals surface area contributed by atoms with Crippen molar-refractivity contribution in [3.63, 3.8) is 0 Å². The molecule has 16 heavy (non-hydrogen) atoms. The van der Waals surface area contributed by atoms with E-state index in [0.717, 1.165) is 18.7 Å². The molecule has 1 heterocycles. The second kappa shape index (κ2) is 4.76. The molecule has 0 aliphatic heterocycles. The normalized spacial score (nSPS) is 11.8. The number of anilines is 1. The third kappa shape index (κ3) is 3.15. The molecule has 0 amide bonds. The van der Waals surface area contributed by atoms with E-state index in [0.29, 0.717) is 18.2 Å². The average Bonchev–Trinajstić information content (AvgIpc) is 2.43. The maximum atomic E-state index is 5.92. The van der Waals surface area contributed by atoms with Gasteiger partial charge in [0.05, 0.1) is 12.3 Å². The Morgan fingerprint density at radius 3 is 2.50 bits per heavy atom. The molecule has 0 fully saturated rings. The lowest BCUT2D eigenvalue weighted by molar-refractivity contribution is 0.227. The van der Waals surface area contributed by atoms with Crippen molar-refractivity contribution in [2.45, 2.75) is 47.6 Å². The fourth-order valence-electron chi connectivity index (χ4n) is 1.39.